The van der Waals surface area contributed by atoms with Crippen molar-refractivity contribution in [1.29, 1.82) is 0 Å². The molecular formula is C24H27N3O4. The third-order valence-corrected chi connectivity index (χ3v) is 5.46. The topological polar surface area (TPSA) is 76.8 Å². The fourth-order valence-electron chi connectivity index (χ4n) is 3.79. The third kappa shape index (κ3) is 4.72. The highest BCUT2D eigenvalue weighted by Crippen LogP contribution is 2.34. The zero-order valence-electron chi connectivity index (χ0n) is 17.8. The van der Waals surface area contributed by atoms with Gasteiger partial charge in [-0.15, -0.1) is 0 Å². The van der Waals surface area contributed by atoms with Gasteiger partial charge >= 0.3 is 0 Å². The largest absolute Gasteiger partial charge is 0.486 e. The normalized spacial score (nSPS) is 13.8. The van der Waals surface area contributed by atoms with Crippen molar-refractivity contribution in [2.75, 3.05) is 32.8 Å². The molecule has 3 aromatic rings. The molecular weight excluding hydrogens is 394 g/mol. The number of amides is 1. The summed E-state index contributed by atoms with van der Waals surface area (Å²) in [5.74, 6) is 1.61. The number of likely N-dealkylation sites (N-methyl/N-ethyl adjacent to an activating group) is 1. The zero-order chi connectivity index (χ0) is 21.6. The molecule has 0 spiro atoms. The molecule has 1 amide bonds. The maximum absolute atomic E-state index is 12.8. The van der Waals surface area contributed by atoms with Crippen LogP contribution in [-0.2, 0) is 0 Å². The van der Waals surface area contributed by atoms with Gasteiger partial charge in [-0.25, -0.2) is 0 Å². The first-order valence-corrected chi connectivity index (χ1v) is 10.6. The van der Waals surface area contributed by atoms with E-state index in [2.05, 4.69) is 41.4 Å². The van der Waals surface area contributed by atoms with Crippen LogP contribution in [0, 0.1) is 0 Å². The fourth-order valence-corrected chi connectivity index (χ4v) is 3.79. The standard InChI is InChI=1S/C24H27N3O4/c1-3-27(4-2)20(17-8-6-5-7-9-17)16-25-24(28)19-15-22(31-26-19)18-10-11-21-23(14-18)30-13-12-29-21/h5-11,14-15,20H,3-4,12-13,16H2,1-2H3,(H,25,28)/t20-/m1/s1. The smallest absolute Gasteiger partial charge is 0.273 e. The SMILES string of the molecule is CCN(CC)[C@H](CNC(=O)c1cc(-c2ccc3c(c2)OCCO3)on1)c1ccccc1. The van der Waals surface area contributed by atoms with E-state index >= 15 is 0 Å². The summed E-state index contributed by atoms with van der Waals surface area (Å²) >= 11 is 0. The number of fused-ring (bicyclic) bond motifs is 1. The van der Waals surface area contributed by atoms with Crippen molar-refractivity contribution >= 4 is 5.91 Å². The zero-order valence-corrected chi connectivity index (χ0v) is 17.8. The van der Waals surface area contributed by atoms with Gasteiger partial charge in [0.2, 0.25) is 0 Å². The van der Waals surface area contributed by atoms with Gasteiger partial charge in [0, 0.05) is 18.2 Å². The van der Waals surface area contributed by atoms with Crippen molar-refractivity contribution in [2.45, 2.75) is 19.9 Å². The van der Waals surface area contributed by atoms with E-state index in [-0.39, 0.29) is 17.6 Å². The molecule has 2 heterocycles. The van der Waals surface area contributed by atoms with Crippen molar-refractivity contribution in [3.63, 3.8) is 0 Å². The predicted octanol–water partition coefficient (Wildman–Crippen LogP) is 3.93. The molecule has 162 valence electrons. The average molecular weight is 421 g/mol. The van der Waals surface area contributed by atoms with E-state index in [1.807, 2.05) is 36.4 Å². The molecule has 0 saturated carbocycles. The quantitative estimate of drug-likeness (QED) is 0.594. The molecule has 0 aliphatic carbocycles. The molecule has 0 saturated heterocycles. The number of nitrogens with zero attached hydrogens (tertiary/aromatic N) is 2. The van der Waals surface area contributed by atoms with Crippen LogP contribution in [0.25, 0.3) is 11.3 Å². The lowest BCUT2D eigenvalue weighted by Gasteiger charge is -2.30. The first-order chi connectivity index (χ1) is 15.2. The van der Waals surface area contributed by atoms with Crippen LogP contribution in [0.3, 0.4) is 0 Å². The molecule has 4 rings (SSSR count). The number of benzene rings is 2. The lowest BCUT2D eigenvalue weighted by atomic mass is 10.0. The van der Waals surface area contributed by atoms with Crippen LogP contribution in [0.15, 0.2) is 59.1 Å². The summed E-state index contributed by atoms with van der Waals surface area (Å²) in [5.41, 5.74) is 2.20. The van der Waals surface area contributed by atoms with E-state index in [9.17, 15) is 4.79 Å². The summed E-state index contributed by atoms with van der Waals surface area (Å²) < 4.78 is 16.6. The van der Waals surface area contributed by atoms with Crippen LogP contribution in [0.5, 0.6) is 11.5 Å². The Morgan fingerprint density at radius 1 is 1.03 bits per heavy atom. The maximum Gasteiger partial charge on any atom is 0.273 e. The number of rotatable bonds is 8. The summed E-state index contributed by atoms with van der Waals surface area (Å²) in [6.07, 6.45) is 0. The summed E-state index contributed by atoms with van der Waals surface area (Å²) in [6, 6.07) is 17.5. The van der Waals surface area contributed by atoms with Crippen LogP contribution < -0.4 is 14.8 Å². The number of aromatic nitrogens is 1. The molecule has 2 aromatic carbocycles. The maximum atomic E-state index is 12.8. The molecule has 7 heteroatoms. The Kier molecular flexibility index (Phi) is 6.52. The van der Waals surface area contributed by atoms with E-state index in [1.165, 1.54) is 5.56 Å². The van der Waals surface area contributed by atoms with Gasteiger partial charge in [-0.05, 0) is 36.9 Å². The predicted molar refractivity (Wildman–Crippen MR) is 117 cm³/mol. The minimum Gasteiger partial charge on any atom is -0.486 e. The van der Waals surface area contributed by atoms with Gasteiger partial charge in [-0.2, -0.15) is 0 Å². The number of carbonyl (C=O) groups is 1. The van der Waals surface area contributed by atoms with Crippen LogP contribution in [0.2, 0.25) is 0 Å². The molecule has 1 aliphatic rings. The lowest BCUT2D eigenvalue weighted by Crippen LogP contribution is -2.38. The van der Waals surface area contributed by atoms with Gasteiger partial charge < -0.3 is 19.3 Å². The first-order valence-electron chi connectivity index (χ1n) is 10.6. The summed E-state index contributed by atoms with van der Waals surface area (Å²) in [6.45, 7) is 7.56. The van der Waals surface area contributed by atoms with E-state index < -0.39 is 0 Å². The molecule has 31 heavy (non-hydrogen) atoms. The van der Waals surface area contributed by atoms with Crippen LogP contribution in [0.1, 0.15) is 35.9 Å². The monoisotopic (exact) mass is 421 g/mol. The number of hydrogen-bond donors (Lipinski definition) is 1. The Hall–Kier alpha value is -3.32. The van der Waals surface area contributed by atoms with Crippen molar-refractivity contribution in [3.8, 4) is 22.8 Å². The molecule has 1 N–H and O–H groups in total. The van der Waals surface area contributed by atoms with Gasteiger partial charge in [0.25, 0.3) is 5.91 Å². The minimum absolute atomic E-state index is 0.0873. The summed E-state index contributed by atoms with van der Waals surface area (Å²) in [5, 5.41) is 6.98. The Morgan fingerprint density at radius 3 is 2.52 bits per heavy atom. The molecule has 0 radical (unpaired) electrons. The van der Waals surface area contributed by atoms with Gasteiger partial charge in [-0.1, -0.05) is 49.3 Å². The second-order valence-electron chi connectivity index (χ2n) is 7.29. The molecule has 1 atom stereocenters. The lowest BCUT2D eigenvalue weighted by molar-refractivity contribution is 0.0926. The molecule has 0 unspecified atom stereocenters. The molecule has 0 fully saturated rings. The van der Waals surface area contributed by atoms with Gasteiger partial charge in [0.05, 0.1) is 6.04 Å². The molecule has 0 bridgehead atoms. The second-order valence-corrected chi connectivity index (χ2v) is 7.29. The number of hydrogen-bond acceptors (Lipinski definition) is 6. The van der Waals surface area contributed by atoms with Gasteiger partial charge in [-0.3, -0.25) is 9.69 Å². The number of carbonyl (C=O) groups excluding carboxylic acids is 1. The van der Waals surface area contributed by atoms with Crippen molar-refractivity contribution < 1.29 is 18.8 Å². The molecule has 7 nitrogen and oxygen atoms in total. The van der Waals surface area contributed by atoms with Crippen molar-refractivity contribution in [2.24, 2.45) is 0 Å². The molecule has 1 aromatic heterocycles. The highest BCUT2D eigenvalue weighted by atomic mass is 16.6. The summed E-state index contributed by atoms with van der Waals surface area (Å²) in [7, 11) is 0. The Bertz CT molecular complexity index is 1010. The van der Waals surface area contributed by atoms with Crippen LogP contribution in [-0.4, -0.2) is 48.8 Å². The highest BCUT2D eigenvalue weighted by Gasteiger charge is 2.21. The minimum atomic E-state index is -0.263. The van der Waals surface area contributed by atoms with E-state index in [0.29, 0.717) is 37.0 Å². The van der Waals surface area contributed by atoms with Gasteiger partial charge in [0.15, 0.2) is 23.0 Å². The number of ether oxygens (including phenoxy) is 2. The van der Waals surface area contributed by atoms with Gasteiger partial charge in [0.1, 0.15) is 13.2 Å². The first kappa shape index (κ1) is 20.9. The van der Waals surface area contributed by atoms with Crippen molar-refractivity contribution in [3.05, 3.63) is 65.9 Å². The van der Waals surface area contributed by atoms with E-state index in [1.54, 1.807) is 6.07 Å². The highest BCUT2D eigenvalue weighted by molar-refractivity contribution is 5.93. The summed E-state index contributed by atoms with van der Waals surface area (Å²) in [4.78, 5) is 15.1. The van der Waals surface area contributed by atoms with Crippen LogP contribution >= 0.6 is 0 Å². The Labute approximate surface area is 181 Å². The van der Waals surface area contributed by atoms with E-state index in [0.717, 1.165) is 18.7 Å². The molecule has 1 aliphatic heterocycles. The second kappa shape index (κ2) is 9.66. The Balaban J connectivity index is 1.46. The number of nitrogens with one attached hydrogen (secondary N) is 1. The van der Waals surface area contributed by atoms with Crippen molar-refractivity contribution in [1.82, 2.24) is 15.4 Å². The average Bonchev–Trinajstić information content (AvgIpc) is 3.32. The Morgan fingerprint density at radius 2 is 1.77 bits per heavy atom. The van der Waals surface area contributed by atoms with E-state index in [4.69, 9.17) is 14.0 Å². The third-order valence-electron chi connectivity index (χ3n) is 5.46. The van der Waals surface area contributed by atoms with Crippen LogP contribution in [0.4, 0.5) is 0 Å². The fraction of sp³-hybridized carbons (Fsp3) is 0.333.